The summed E-state index contributed by atoms with van der Waals surface area (Å²) in [5.74, 6) is -1.42. The summed E-state index contributed by atoms with van der Waals surface area (Å²) in [6, 6.07) is 4.77. The van der Waals surface area contributed by atoms with Gasteiger partial charge in [-0.25, -0.2) is 13.8 Å². The predicted molar refractivity (Wildman–Crippen MR) is 47.0 cm³/mol. The zero-order valence-corrected chi connectivity index (χ0v) is 7.00. The summed E-state index contributed by atoms with van der Waals surface area (Å²) in [4.78, 5) is 14.1. The van der Waals surface area contributed by atoms with E-state index in [9.17, 15) is 13.6 Å². The number of nitrogens with zero attached hydrogens (tertiary/aromatic N) is 1. The molecule has 0 atom stereocenters. The molecule has 2 nitrogen and oxygen atoms in total. The molecule has 0 aliphatic carbocycles. The van der Waals surface area contributed by atoms with Crippen molar-refractivity contribution >= 4 is 17.2 Å². The standard InChI is InChI=1S/C10H5F2NO/c11-7-3-6-1-2-8(5-14)13-10(6)9(12)4-7/h1-5H. The normalized spacial score (nSPS) is 10.4. The molecule has 1 aromatic heterocycles. The molecule has 1 aromatic carbocycles. The lowest BCUT2D eigenvalue weighted by Gasteiger charge is -1.99. The van der Waals surface area contributed by atoms with Gasteiger partial charge in [-0.2, -0.15) is 0 Å². The van der Waals surface area contributed by atoms with E-state index in [4.69, 9.17) is 0 Å². The minimum atomic E-state index is -0.760. The molecule has 2 aromatic rings. The lowest BCUT2D eigenvalue weighted by molar-refractivity contribution is 0.111. The molecular weight excluding hydrogens is 188 g/mol. The minimum absolute atomic E-state index is 0.0102. The van der Waals surface area contributed by atoms with Gasteiger partial charge >= 0.3 is 0 Å². The second-order valence-electron chi connectivity index (χ2n) is 2.81. The molecule has 0 bridgehead atoms. The first-order valence-electron chi connectivity index (χ1n) is 3.91. The largest absolute Gasteiger partial charge is 0.296 e. The van der Waals surface area contributed by atoms with Crippen LogP contribution in [0, 0.1) is 11.6 Å². The quantitative estimate of drug-likeness (QED) is 0.650. The van der Waals surface area contributed by atoms with Gasteiger partial charge in [0.05, 0.1) is 0 Å². The fourth-order valence-corrected chi connectivity index (χ4v) is 1.24. The maximum Gasteiger partial charge on any atom is 0.168 e. The Bertz CT molecular complexity index is 511. The second-order valence-corrected chi connectivity index (χ2v) is 2.81. The van der Waals surface area contributed by atoms with Crippen LogP contribution in [0.5, 0.6) is 0 Å². The first-order valence-corrected chi connectivity index (χ1v) is 3.91. The number of benzene rings is 1. The summed E-state index contributed by atoms with van der Waals surface area (Å²) in [6.07, 6.45) is 0.516. The number of carbonyl (C=O) groups is 1. The van der Waals surface area contributed by atoms with Gasteiger partial charge in [0.15, 0.2) is 12.1 Å². The van der Waals surface area contributed by atoms with Crippen LogP contribution in [-0.4, -0.2) is 11.3 Å². The summed E-state index contributed by atoms with van der Waals surface area (Å²) in [5, 5.41) is 0.341. The molecule has 0 saturated heterocycles. The van der Waals surface area contributed by atoms with Crippen LogP contribution in [0.1, 0.15) is 10.5 Å². The smallest absolute Gasteiger partial charge is 0.168 e. The van der Waals surface area contributed by atoms with E-state index in [0.29, 0.717) is 11.7 Å². The highest BCUT2D eigenvalue weighted by molar-refractivity contribution is 5.83. The van der Waals surface area contributed by atoms with Gasteiger partial charge in [-0.3, -0.25) is 4.79 Å². The van der Waals surface area contributed by atoms with Crippen molar-refractivity contribution in [2.45, 2.75) is 0 Å². The molecule has 2 rings (SSSR count). The van der Waals surface area contributed by atoms with Crippen LogP contribution in [0.15, 0.2) is 24.3 Å². The maximum atomic E-state index is 13.1. The van der Waals surface area contributed by atoms with Crippen molar-refractivity contribution in [2.24, 2.45) is 0 Å². The van der Waals surface area contributed by atoms with Gasteiger partial charge in [-0.1, -0.05) is 6.07 Å². The second kappa shape index (κ2) is 3.14. The van der Waals surface area contributed by atoms with Gasteiger partial charge in [-0.15, -0.1) is 0 Å². The van der Waals surface area contributed by atoms with Gasteiger partial charge < -0.3 is 0 Å². The number of pyridine rings is 1. The van der Waals surface area contributed by atoms with Crippen molar-refractivity contribution < 1.29 is 13.6 Å². The molecule has 70 valence electrons. The van der Waals surface area contributed by atoms with E-state index in [1.807, 2.05) is 0 Å². The van der Waals surface area contributed by atoms with Crippen LogP contribution in [0.2, 0.25) is 0 Å². The number of fused-ring (bicyclic) bond motifs is 1. The summed E-state index contributed by atoms with van der Waals surface area (Å²) in [6.45, 7) is 0. The number of hydrogen-bond acceptors (Lipinski definition) is 2. The van der Waals surface area contributed by atoms with Gasteiger partial charge in [0.1, 0.15) is 17.0 Å². The number of carbonyl (C=O) groups excluding carboxylic acids is 1. The highest BCUT2D eigenvalue weighted by atomic mass is 19.1. The van der Waals surface area contributed by atoms with Crippen molar-refractivity contribution in [3.8, 4) is 0 Å². The number of aromatic nitrogens is 1. The van der Waals surface area contributed by atoms with E-state index in [0.717, 1.165) is 6.07 Å². The Morgan fingerprint density at radius 3 is 2.71 bits per heavy atom. The first kappa shape index (κ1) is 8.74. The predicted octanol–water partition coefficient (Wildman–Crippen LogP) is 2.33. The molecule has 14 heavy (non-hydrogen) atoms. The Kier molecular flexibility index (Phi) is 1.96. The highest BCUT2D eigenvalue weighted by Gasteiger charge is 2.05. The SMILES string of the molecule is O=Cc1ccc2cc(F)cc(F)c2n1. The molecule has 4 heteroatoms. The topological polar surface area (TPSA) is 30.0 Å². The molecule has 0 fully saturated rings. The highest BCUT2D eigenvalue weighted by Crippen LogP contribution is 2.17. The molecule has 0 N–H and O–H groups in total. The third-order valence-electron chi connectivity index (χ3n) is 1.85. The van der Waals surface area contributed by atoms with Gasteiger partial charge in [-0.05, 0) is 12.1 Å². The summed E-state index contributed by atoms with van der Waals surface area (Å²) in [5.41, 5.74) is 0.138. The Morgan fingerprint density at radius 1 is 1.21 bits per heavy atom. The minimum Gasteiger partial charge on any atom is -0.296 e. The molecule has 0 aliphatic rings. The van der Waals surface area contributed by atoms with E-state index in [-0.39, 0.29) is 11.2 Å². The lowest BCUT2D eigenvalue weighted by Crippen LogP contribution is -1.91. The molecule has 0 saturated carbocycles. The third-order valence-corrected chi connectivity index (χ3v) is 1.85. The van der Waals surface area contributed by atoms with E-state index in [2.05, 4.69) is 4.98 Å². The molecule has 0 amide bonds. The molecule has 0 unspecified atom stereocenters. The fraction of sp³-hybridized carbons (Fsp3) is 0. The van der Waals surface area contributed by atoms with Gasteiger partial charge in [0, 0.05) is 11.5 Å². The van der Waals surface area contributed by atoms with Crippen molar-refractivity contribution in [1.29, 1.82) is 0 Å². The zero-order valence-electron chi connectivity index (χ0n) is 7.00. The molecule has 0 aliphatic heterocycles. The Balaban J connectivity index is 2.81. The summed E-state index contributed by atoms with van der Waals surface area (Å²) in [7, 11) is 0. The maximum absolute atomic E-state index is 13.1. The van der Waals surface area contributed by atoms with E-state index in [1.165, 1.54) is 18.2 Å². The Hall–Kier alpha value is -1.84. The number of aldehydes is 1. The monoisotopic (exact) mass is 193 g/mol. The van der Waals surface area contributed by atoms with Gasteiger partial charge in [0.25, 0.3) is 0 Å². The average Bonchev–Trinajstić information content (AvgIpc) is 2.17. The fourth-order valence-electron chi connectivity index (χ4n) is 1.24. The first-order chi connectivity index (χ1) is 6.70. The van der Waals surface area contributed by atoms with E-state index >= 15 is 0 Å². The Labute approximate surface area is 78.2 Å². The molecule has 1 heterocycles. The van der Waals surface area contributed by atoms with E-state index in [1.54, 1.807) is 0 Å². The van der Waals surface area contributed by atoms with Crippen LogP contribution < -0.4 is 0 Å². The lowest BCUT2D eigenvalue weighted by atomic mass is 10.2. The summed E-state index contributed by atoms with van der Waals surface area (Å²) >= 11 is 0. The van der Waals surface area contributed by atoms with Crippen molar-refractivity contribution in [3.63, 3.8) is 0 Å². The van der Waals surface area contributed by atoms with Crippen LogP contribution in [0.4, 0.5) is 8.78 Å². The number of hydrogen-bond donors (Lipinski definition) is 0. The molecule has 0 spiro atoms. The number of halogens is 2. The van der Waals surface area contributed by atoms with Crippen molar-refractivity contribution in [1.82, 2.24) is 4.98 Å². The van der Waals surface area contributed by atoms with Crippen LogP contribution in [0.3, 0.4) is 0 Å². The summed E-state index contributed by atoms with van der Waals surface area (Å²) < 4.78 is 25.9. The van der Waals surface area contributed by atoms with Crippen molar-refractivity contribution in [2.75, 3.05) is 0 Å². The van der Waals surface area contributed by atoms with Crippen LogP contribution in [0.25, 0.3) is 10.9 Å². The zero-order chi connectivity index (χ0) is 10.1. The number of rotatable bonds is 1. The molecule has 0 radical (unpaired) electrons. The third kappa shape index (κ3) is 1.35. The molecular formula is C10H5F2NO. The Morgan fingerprint density at radius 2 is 2.00 bits per heavy atom. The van der Waals surface area contributed by atoms with E-state index < -0.39 is 11.6 Å². The van der Waals surface area contributed by atoms with Gasteiger partial charge in [0.2, 0.25) is 0 Å². The van der Waals surface area contributed by atoms with Crippen LogP contribution in [-0.2, 0) is 0 Å². The van der Waals surface area contributed by atoms with Crippen LogP contribution >= 0.6 is 0 Å². The average molecular weight is 193 g/mol. The van der Waals surface area contributed by atoms with Crippen molar-refractivity contribution in [3.05, 3.63) is 41.6 Å².